The zero-order valence-corrected chi connectivity index (χ0v) is 11.5. The number of amides is 1. The Hall–Kier alpha value is -1.32. The number of nitrogens with zero attached hydrogens (tertiary/aromatic N) is 1. The molecule has 0 spiro atoms. The Labute approximate surface area is 113 Å². The largest absolute Gasteiger partial charge is 0.481 e. The molecule has 6 unspecified atom stereocenters. The van der Waals surface area contributed by atoms with E-state index in [2.05, 4.69) is 19.9 Å². The minimum atomic E-state index is -0.810. The fourth-order valence-electron chi connectivity index (χ4n) is 4.02. The lowest BCUT2D eigenvalue weighted by Crippen LogP contribution is -2.42. The summed E-state index contributed by atoms with van der Waals surface area (Å²) in [5.74, 6) is -0.337. The van der Waals surface area contributed by atoms with Crippen LogP contribution in [-0.4, -0.2) is 35.0 Å². The molecule has 19 heavy (non-hydrogen) atoms. The molecule has 1 saturated carbocycles. The van der Waals surface area contributed by atoms with Gasteiger partial charge in [-0.05, 0) is 30.1 Å². The molecule has 3 aliphatic rings. The highest BCUT2D eigenvalue weighted by atomic mass is 16.4. The Balaban J connectivity index is 1.80. The monoisotopic (exact) mass is 263 g/mol. The van der Waals surface area contributed by atoms with Gasteiger partial charge in [0.05, 0.1) is 11.8 Å². The van der Waals surface area contributed by atoms with Crippen molar-refractivity contribution < 1.29 is 14.7 Å². The highest BCUT2D eigenvalue weighted by Crippen LogP contribution is 2.49. The molecular weight excluding hydrogens is 242 g/mol. The number of hydrogen-bond donors (Lipinski definition) is 1. The molecule has 104 valence electrons. The number of fused-ring (bicyclic) bond motifs is 2. The number of rotatable bonds is 2. The van der Waals surface area contributed by atoms with Gasteiger partial charge in [-0.1, -0.05) is 26.0 Å². The lowest BCUT2D eigenvalue weighted by Gasteiger charge is -2.28. The first-order valence-corrected chi connectivity index (χ1v) is 7.19. The zero-order valence-electron chi connectivity index (χ0n) is 11.5. The van der Waals surface area contributed by atoms with Crippen LogP contribution < -0.4 is 0 Å². The fourth-order valence-corrected chi connectivity index (χ4v) is 4.02. The third-order valence-corrected chi connectivity index (χ3v) is 5.33. The van der Waals surface area contributed by atoms with Gasteiger partial charge < -0.3 is 10.0 Å². The van der Waals surface area contributed by atoms with Crippen LogP contribution >= 0.6 is 0 Å². The van der Waals surface area contributed by atoms with Crippen LogP contribution in [0.5, 0.6) is 0 Å². The van der Waals surface area contributed by atoms with Gasteiger partial charge in [-0.15, -0.1) is 0 Å². The third kappa shape index (κ3) is 1.88. The lowest BCUT2D eigenvalue weighted by atomic mass is 9.82. The second-order valence-corrected chi connectivity index (χ2v) is 6.54. The molecule has 1 aliphatic heterocycles. The van der Waals surface area contributed by atoms with Crippen LogP contribution in [0.1, 0.15) is 20.3 Å². The Morgan fingerprint density at radius 2 is 1.58 bits per heavy atom. The summed E-state index contributed by atoms with van der Waals surface area (Å²) in [6.45, 7) is 5.88. The summed E-state index contributed by atoms with van der Waals surface area (Å²) in [5.41, 5.74) is 0. The standard InChI is InChI=1S/C15H21NO3/c1-8-6-16(7-9(8)2)14(17)12-10-3-4-11(5-10)13(12)15(18)19/h3-4,8-13H,5-7H2,1-2H3,(H,18,19). The number of aliphatic carboxylic acids is 1. The van der Waals surface area contributed by atoms with E-state index in [0.29, 0.717) is 11.8 Å². The Bertz CT molecular complexity index is 435. The molecule has 2 aliphatic carbocycles. The van der Waals surface area contributed by atoms with E-state index in [0.717, 1.165) is 19.5 Å². The molecule has 1 amide bonds. The van der Waals surface area contributed by atoms with Gasteiger partial charge >= 0.3 is 5.97 Å². The van der Waals surface area contributed by atoms with Gasteiger partial charge in [-0.3, -0.25) is 9.59 Å². The molecule has 0 aromatic carbocycles. The molecule has 4 heteroatoms. The van der Waals surface area contributed by atoms with E-state index in [1.54, 1.807) is 0 Å². The van der Waals surface area contributed by atoms with Crippen molar-refractivity contribution in [2.24, 2.45) is 35.5 Å². The van der Waals surface area contributed by atoms with Crippen LogP contribution in [0.4, 0.5) is 0 Å². The Morgan fingerprint density at radius 1 is 1.05 bits per heavy atom. The van der Waals surface area contributed by atoms with Gasteiger partial charge in [0.15, 0.2) is 0 Å². The molecule has 1 saturated heterocycles. The number of carboxylic acid groups (broad SMARTS) is 1. The molecular formula is C15H21NO3. The molecule has 6 atom stereocenters. The van der Waals surface area contributed by atoms with Gasteiger partial charge in [-0.2, -0.15) is 0 Å². The minimum Gasteiger partial charge on any atom is -0.481 e. The van der Waals surface area contributed by atoms with Crippen LogP contribution in [0.3, 0.4) is 0 Å². The fraction of sp³-hybridized carbons (Fsp3) is 0.733. The van der Waals surface area contributed by atoms with Crippen molar-refractivity contribution in [3.8, 4) is 0 Å². The van der Waals surface area contributed by atoms with Crippen molar-refractivity contribution in [3.05, 3.63) is 12.2 Å². The van der Waals surface area contributed by atoms with E-state index >= 15 is 0 Å². The number of carboxylic acids is 1. The van der Waals surface area contributed by atoms with E-state index in [1.165, 1.54) is 0 Å². The topological polar surface area (TPSA) is 57.6 Å². The van der Waals surface area contributed by atoms with Crippen molar-refractivity contribution in [1.82, 2.24) is 4.90 Å². The predicted molar refractivity (Wildman–Crippen MR) is 70.3 cm³/mol. The van der Waals surface area contributed by atoms with E-state index in [1.807, 2.05) is 11.0 Å². The summed E-state index contributed by atoms with van der Waals surface area (Å²) in [5, 5.41) is 9.40. The average Bonchev–Trinajstić information content (AvgIpc) is 3.03. The number of allylic oxidation sites excluding steroid dienone is 2. The molecule has 0 aromatic rings. The summed E-state index contributed by atoms with van der Waals surface area (Å²) in [7, 11) is 0. The number of carbonyl (C=O) groups excluding carboxylic acids is 1. The van der Waals surface area contributed by atoms with E-state index in [4.69, 9.17) is 0 Å². The molecule has 3 rings (SSSR count). The van der Waals surface area contributed by atoms with Crippen LogP contribution in [0.25, 0.3) is 0 Å². The molecule has 1 heterocycles. The smallest absolute Gasteiger partial charge is 0.307 e. The molecule has 2 fully saturated rings. The van der Waals surface area contributed by atoms with Gasteiger partial charge in [0.2, 0.25) is 5.91 Å². The quantitative estimate of drug-likeness (QED) is 0.770. The first kappa shape index (κ1) is 12.7. The first-order chi connectivity index (χ1) is 8.99. The van der Waals surface area contributed by atoms with Gasteiger partial charge in [-0.25, -0.2) is 0 Å². The zero-order chi connectivity index (χ0) is 13.7. The molecule has 0 radical (unpaired) electrons. The summed E-state index contributed by atoms with van der Waals surface area (Å²) >= 11 is 0. The second kappa shape index (κ2) is 4.36. The van der Waals surface area contributed by atoms with Crippen molar-refractivity contribution in [1.29, 1.82) is 0 Å². The minimum absolute atomic E-state index is 0.0638. The summed E-state index contributed by atoms with van der Waals surface area (Å²) in [6.07, 6.45) is 4.88. The van der Waals surface area contributed by atoms with Crippen LogP contribution in [0.2, 0.25) is 0 Å². The van der Waals surface area contributed by atoms with Crippen molar-refractivity contribution in [2.45, 2.75) is 20.3 Å². The maximum atomic E-state index is 12.7. The first-order valence-electron chi connectivity index (χ1n) is 7.19. The van der Waals surface area contributed by atoms with E-state index in [-0.39, 0.29) is 23.7 Å². The van der Waals surface area contributed by atoms with E-state index in [9.17, 15) is 14.7 Å². The van der Waals surface area contributed by atoms with Gasteiger partial charge in [0.25, 0.3) is 0 Å². The van der Waals surface area contributed by atoms with E-state index < -0.39 is 11.9 Å². The third-order valence-electron chi connectivity index (χ3n) is 5.33. The van der Waals surface area contributed by atoms with Crippen LogP contribution in [0.15, 0.2) is 12.2 Å². The van der Waals surface area contributed by atoms with Gasteiger partial charge in [0.1, 0.15) is 0 Å². The molecule has 1 N–H and O–H groups in total. The van der Waals surface area contributed by atoms with Crippen molar-refractivity contribution >= 4 is 11.9 Å². The summed E-state index contributed by atoms with van der Waals surface area (Å²) < 4.78 is 0. The predicted octanol–water partition coefficient (Wildman–Crippen LogP) is 1.62. The SMILES string of the molecule is CC1CN(C(=O)C2C3C=CC(C3)C2C(=O)O)CC1C. The van der Waals surface area contributed by atoms with Gasteiger partial charge in [0, 0.05) is 13.1 Å². The number of hydrogen-bond acceptors (Lipinski definition) is 2. The summed E-state index contributed by atoms with van der Waals surface area (Å²) in [4.78, 5) is 26.0. The highest BCUT2D eigenvalue weighted by Gasteiger charge is 2.53. The van der Waals surface area contributed by atoms with Crippen LogP contribution in [-0.2, 0) is 9.59 Å². The lowest BCUT2D eigenvalue weighted by molar-refractivity contribution is -0.150. The maximum Gasteiger partial charge on any atom is 0.307 e. The normalized spacial score (nSPS) is 44.0. The highest BCUT2D eigenvalue weighted by molar-refractivity contribution is 5.87. The van der Waals surface area contributed by atoms with Crippen LogP contribution in [0, 0.1) is 35.5 Å². The average molecular weight is 263 g/mol. The maximum absolute atomic E-state index is 12.7. The van der Waals surface area contributed by atoms with Crippen molar-refractivity contribution in [3.63, 3.8) is 0 Å². The summed E-state index contributed by atoms with van der Waals surface area (Å²) in [6, 6.07) is 0. The molecule has 4 nitrogen and oxygen atoms in total. The Morgan fingerprint density at radius 3 is 2.11 bits per heavy atom. The van der Waals surface area contributed by atoms with Crippen molar-refractivity contribution in [2.75, 3.05) is 13.1 Å². The number of likely N-dealkylation sites (tertiary alicyclic amines) is 1. The number of carbonyl (C=O) groups is 2. The molecule has 2 bridgehead atoms. The Kier molecular flexibility index (Phi) is 2.91. The molecule has 0 aromatic heterocycles. The second-order valence-electron chi connectivity index (χ2n) is 6.54.